The Balaban J connectivity index is 0.000000169. The highest BCUT2D eigenvalue weighted by Gasteiger charge is 2.25. The first-order valence-corrected chi connectivity index (χ1v) is 19.2. The normalized spacial score (nSPS) is 14.8. The van der Waals surface area contributed by atoms with Crippen LogP contribution in [0, 0.1) is 0 Å². The number of rotatable bonds is 7. The molecule has 3 aliphatic heterocycles. The maximum atomic E-state index is 12.8. The number of benzene rings is 3. The summed E-state index contributed by atoms with van der Waals surface area (Å²) in [5.74, 6) is 0.563. The smallest absolute Gasteiger partial charge is 0.336 e. The summed E-state index contributed by atoms with van der Waals surface area (Å²) in [6.45, 7) is 6.62. The predicted molar refractivity (Wildman–Crippen MR) is 220 cm³/mol. The van der Waals surface area contributed by atoms with Gasteiger partial charge in [-0.3, -0.25) is 4.79 Å². The number of halogens is 4. The van der Waals surface area contributed by atoms with Crippen molar-refractivity contribution in [1.29, 1.82) is 0 Å². The van der Waals surface area contributed by atoms with Crippen molar-refractivity contribution in [2.75, 3.05) is 72.9 Å². The number of hydrogen-bond donors (Lipinski definition) is 3. The first-order valence-electron chi connectivity index (χ1n) is 17.7. The Morgan fingerprint density at radius 2 is 1.27 bits per heavy atom. The number of aromatic carboxylic acids is 1. The third-order valence-electron chi connectivity index (χ3n) is 9.52. The zero-order chi connectivity index (χ0) is 38.5. The minimum Gasteiger partial charge on any atom is -0.478 e. The lowest BCUT2D eigenvalue weighted by atomic mass is 10.0. The summed E-state index contributed by atoms with van der Waals surface area (Å²) < 4.78 is 5.33. The van der Waals surface area contributed by atoms with Gasteiger partial charge in [0.1, 0.15) is 11.6 Å². The summed E-state index contributed by atoms with van der Waals surface area (Å²) in [4.78, 5) is 39.5. The van der Waals surface area contributed by atoms with Gasteiger partial charge in [0, 0.05) is 90.4 Å². The fraction of sp³-hybridized carbons (Fsp3) is 0.250. The van der Waals surface area contributed by atoms with Crippen LogP contribution < -0.4 is 20.4 Å². The number of carbonyl (C=O) groups is 2. The van der Waals surface area contributed by atoms with E-state index in [2.05, 4.69) is 30.4 Å². The zero-order valence-corrected chi connectivity index (χ0v) is 32.6. The number of nitrogens with zero attached hydrogens (tertiary/aromatic N) is 5. The van der Waals surface area contributed by atoms with Gasteiger partial charge < -0.3 is 35.2 Å². The number of aromatic nitrogens is 2. The lowest BCUT2D eigenvalue weighted by molar-refractivity contribution is 0.0302. The predicted octanol–water partition coefficient (Wildman–Crippen LogP) is 8.48. The number of carbonyl (C=O) groups excluding carboxylic acids is 1. The molecule has 284 valence electrons. The third kappa shape index (κ3) is 9.03. The van der Waals surface area contributed by atoms with Gasteiger partial charge in [-0.2, -0.15) is 0 Å². The molecule has 1 saturated heterocycles. The quantitative estimate of drug-likeness (QED) is 0.147. The van der Waals surface area contributed by atoms with Gasteiger partial charge in [-0.15, -0.1) is 0 Å². The van der Waals surface area contributed by atoms with Crippen molar-refractivity contribution >= 4 is 81.3 Å². The maximum absolute atomic E-state index is 12.8. The highest BCUT2D eigenvalue weighted by Crippen LogP contribution is 2.35. The van der Waals surface area contributed by atoms with E-state index in [-0.39, 0.29) is 11.5 Å². The van der Waals surface area contributed by atoms with E-state index in [1.54, 1.807) is 59.8 Å². The lowest BCUT2D eigenvalue weighted by Crippen LogP contribution is -2.41. The number of amides is 1. The van der Waals surface area contributed by atoms with Crippen LogP contribution in [-0.4, -0.2) is 84.3 Å². The van der Waals surface area contributed by atoms with Crippen LogP contribution in [0.2, 0.25) is 20.1 Å². The van der Waals surface area contributed by atoms with E-state index in [9.17, 15) is 14.7 Å². The Morgan fingerprint density at radius 3 is 1.87 bits per heavy atom. The lowest BCUT2D eigenvalue weighted by Gasteiger charge is -2.32. The van der Waals surface area contributed by atoms with Crippen LogP contribution in [0.15, 0.2) is 85.2 Å². The molecule has 3 aliphatic rings. The Morgan fingerprint density at radius 1 is 0.709 bits per heavy atom. The average Bonchev–Trinajstić information content (AvgIpc) is 3.21. The molecule has 55 heavy (non-hydrogen) atoms. The zero-order valence-electron chi connectivity index (χ0n) is 29.6. The van der Waals surface area contributed by atoms with Crippen molar-refractivity contribution < 1.29 is 19.4 Å². The van der Waals surface area contributed by atoms with Crippen LogP contribution in [0.25, 0.3) is 11.1 Å². The molecule has 2 aromatic heterocycles. The van der Waals surface area contributed by atoms with E-state index in [0.717, 1.165) is 65.9 Å². The second-order valence-corrected chi connectivity index (χ2v) is 14.8. The second-order valence-electron chi connectivity index (χ2n) is 13.1. The molecule has 1 fully saturated rings. The molecule has 8 rings (SSSR count). The molecule has 0 atom stereocenters. The molecule has 0 saturated carbocycles. The van der Waals surface area contributed by atoms with E-state index in [4.69, 9.17) is 51.1 Å². The molecule has 0 unspecified atom stereocenters. The number of carboxylic acid groups (broad SMARTS) is 1. The number of ether oxygens (including phenoxy) is 1. The topological polar surface area (TPSA) is 123 Å². The van der Waals surface area contributed by atoms with Crippen molar-refractivity contribution in [3.63, 3.8) is 0 Å². The molecule has 1 amide bonds. The van der Waals surface area contributed by atoms with Crippen LogP contribution in [0.4, 0.5) is 23.0 Å². The molecule has 0 aliphatic carbocycles. The van der Waals surface area contributed by atoms with Gasteiger partial charge in [0.05, 0.1) is 35.7 Å². The molecule has 0 radical (unpaired) electrons. The molecule has 11 nitrogen and oxygen atoms in total. The van der Waals surface area contributed by atoms with E-state index >= 15 is 0 Å². The van der Waals surface area contributed by atoms with E-state index in [1.807, 2.05) is 30.3 Å². The van der Waals surface area contributed by atoms with Crippen LogP contribution in [0.5, 0.6) is 0 Å². The van der Waals surface area contributed by atoms with Gasteiger partial charge in [-0.1, -0.05) is 64.6 Å². The summed E-state index contributed by atoms with van der Waals surface area (Å²) in [5, 5.41) is 18.7. The van der Waals surface area contributed by atoms with Crippen molar-refractivity contribution in [2.45, 2.75) is 13.1 Å². The van der Waals surface area contributed by atoms with Gasteiger partial charge in [0.15, 0.2) is 0 Å². The first kappa shape index (κ1) is 38.5. The monoisotopic (exact) mass is 819 g/mol. The molecule has 5 heterocycles. The molecular formula is C40H37Cl4N7O4. The fourth-order valence-electron chi connectivity index (χ4n) is 6.72. The standard InChI is InChI=1S/C21H17Cl2N3O2.C19H20Cl2N4O2/c22-15-5-6-18(23)14(9-15)12-26-8-7-24-20-19(26)10-13(11-25-20)16-3-1-2-4-17(16)21(27)28;20-15-1-2-16(21)14(9-15)12-25-4-3-22-18-17(25)10-13(11-23-18)19(26)24-5-7-27-8-6-24/h1-6,9-11H,7-8,12H2,(H,24,25)(H,27,28);1-2,9-11H,3-8,12H2,(H,22,23). The van der Waals surface area contributed by atoms with Gasteiger partial charge in [-0.05, 0) is 71.3 Å². The Hall–Kier alpha value is -4.78. The highest BCUT2D eigenvalue weighted by molar-refractivity contribution is 6.34. The number of fused-ring (bicyclic) bond motifs is 2. The maximum Gasteiger partial charge on any atom is 0.336 e. The van der Waals surface area contributed by atoms with E-state index < -0.39 is 5.97 Å². The summed E-state index contributed by atoms with van der Waals surface area (Å²) in [6.07, 6.45) is 3.34. The van der Waals surface area contributed by atoms with Gasteiger partial charge in [-0.25, -0.2) is 14.8 Å². The first-order chi connectivity index (χ1) is 26.6. The SMILES string of the molecule is O=C(O)c1ccccc1-c1cnc2c(c1)N(Cc1cc(Cl)ccc1Cl)CCN2.O=C(c1cnc2c(c1)N(Cc1cc(Cl)ccc1Cl)CCN2)N1CCOCC1. The fourth-order valence-corrected chi connectivity index (χ4v) is 7.47. The van der Waals surface area contributed by atoms with Crippen LogP contribution >= 0.6 is 46.4 Å². The molecule has 0 bridgehead atoms. The molecule has 3 aromatic carbocycles. The average molecular weight is 822 g/mol. The minimum absolute atomic E-state index is 0.0140. The van der Waals surface area contributed by atoms with Crippen LogP contribution in [-0.2, 0) is 17.8 Å². The van der Waals surface area contributed by atoms with Gasteiger partial charge in [0.25, 0.3) is 5.91 Å². The number of hydrogen-bond acceptors (Lipinski definition) is 9. The van der Waals surface area contributed by atoms with Crippen molar-refractivity contribution in [3.8, 4) is 11.1 Å². The van der Waals surface area contributed by atoms with Crippen molar-refractivity contribution in [1.82, 2.24) is 14.9 Å². The van der Waals surface area contributed by atoms with E-state index in [1.165, 1.54) is 0 Å². The summed E-state index contributed by atoms with van der Waals surface area (Å²) in [6, 6.07) is 21.7. The number of anilines is 4. The van der Waals surface area contributed by atoms with Crippen molar-refractivity contribution in [3.05, 3.63) is 128 Å². The molecule has 0 spiro atoms. The number of pyridine rings is 2. The second kappa shape index (κ2) is 17.3. The molecule has 5 aromatic rings. The molecular weight excluding hydrogens is 784 g/mol. The van der Waals surface area contributed by atoms with Crippen LogP contribution in [0.3, 0.4) is 0 Å². The number of nitrogens with one attached hydrogen (secondary N) is 2. The summed E-state index contributed by atoms with van der Waals surface area (Å²) in [5.41, 5.74) is 5.90. The van der Waals surface area contributed by atoms with Gasteiger partial charge in [0.2, 0.25) is 0 Å². The van der Waals surface area contributed by atoms with Gasteiger partial charge >= 0.3 is 5.97 Å². The minimum atomic E-state index is -0.964. The third-order valence-corrected chi connectivity index (χ3v) is 10.7. The van der Waals surface area contributed by atoms with Crippen molar-refractivity contribution in [2.24, 2.45) is 0 Å². The Labute approximate surface area is 338 Å². The van der Waals surface area contributed by atoms with E-state index in [0.29, 0.717) is 70.6 Å². The summed E-state index contributed by atoms with van der Waals surface area (Å²) >= 11 is 24.9. The number of morpholine rings is 1. The highest BCUT2D eigenvalue weighted by atomic mass is 35.5. The largest absolute Gasteiger partial charge is 0.478 e. The Bertz CT molecular complexity index is 2220. The molecule has 3 N–H and O–H groups in total. The van der Waals surface area contributed by atoms with Crippen LogP contribution in [0.1, 0.15) is 31.8 Å². The number of carboxylic acids is 1. The molecule has 15 heteroatoms. The Kier molecular flexibility index (Phi) is 12.1. The summed E-state index contributed by atoms with van der Waals surface area (Å²) in [7, 11) is 0.